The highest BCUT2D eigenvalue weighted by Gasteiger charge is 2.45. The largest absolute Gasteiger partial charge is 0.481 e. The Morgan fingerprint density at radius 1 is 1.24 bits per heavy atom. The van der Waals surface area contributed by atoms with Crippen molar-refractivity contribution < 1.29 is 9.84 Å². The predicted octanol–water partition coefficient (Wildman–Crippen LogP) is 1.06. The molecule has 180 valence electrons. The average molecular weight is 457 g/mol. The number of hydrazine groups is 1. The molecule has 5 rings (SSSR count). The molecule has 1 aliphatic carbocycles. The molecule has 5 unspecified atom stereocenters. The zero-order chi connectivity index (χ0) is 22.9. The summed E-state index contributed by atoms with van der Waals surface area (Å²) >= 11 is 0. The first kappa shape index (κ1) is 22.6. The van der Waals surface area contributed by atoms with Crippen LogP contribution in [0.5, 0.6) is 5.88 Å². The molecular weight excluding hydrogens is 420 g/mol. The summed E-state index contributed by atoms with van der Waals surface area (Å²) in [4.78, 5) is 14.4. The number of aliphatic hydroxyl groups excluding tert-OH is 1. The predicted molar refractivity (Wildman–Crippen MR) is 125 cm³/mol. The van der Waals surface area contributed by atoms with Gasteiger partial charge in [-0.3, -0.25) is 10.3 Å². The summed E-state index contributed by atoms with van der Waals surface area (Å²) in [5.41, 5.74) is 6.23. The molecule has 1 aromatic rings. The molecule has 4 N–H and O–H groups in total. The number of fused-ring (bicyclic) bond motifs is 2. The van der Waals surface area contributed by atoms with Crippen molar-refractivity contribution in [2.75, 3.05) is 37.5 Å². The first-order chi connectivity index (χ1) is 16.1. The molecule has 4 aliphatic rings. The smallest absolute Gasteiger partial charge is 0.230 e. The number of aromatic nitrogens is 2. The maximum Gasteiger partial charge on any atom is 0.230 e. The van der Waals surface area contributed by atoms with Gasteiger partial charge in [-0.15, -0.1) is 0 Å². The van der Waals surface area contributed by atoms with Crippen LogP contribution in [-0.4, -0.2) is 77.6 Å². The van der Waals surface area contributed by atoms with Gasteiger partial charge in [0.05, 0.1) is 31.9 Å². The zero-order valence-electron chi connectivity index (χ0n) is 19.6. The highest BCUT2D eigenvalue weighted by molar-refractivity contribution is 5.47. The van der Waals surface area contributed by atoms with Crippen molar-refractivity contribution in [3.05, 3.63) is 6.07 Å². The Morgan fingerprint density at radius 2 is 2.03 bits per heavy atom. The van der Waals surface area contributed by atoms with E-state index in [1.807, 2.05) is 6.07 Å². The van der Waals surface area contributed by atoms with Crippen LogP contribution in [0.4, 0.5) is 11.8 Å². The molecule has 7 atom stereocenters. The van der Waals surface area contributed by atoms with E-state index in [2.05, 4.69) is 44.1 Å². The van der Waals surface area contributed by atoms with Crippen LogP contribution in [0.1, 0.15) is 44.9 Å². The van der Waals surface area contributed by atoms with Gasteiger partial charge in [-0.1, -0.05) is 6.42 Å². The van der Waals surface area contributed by atoms with E-state index in [4.69, 9.17) is 9.72 Å². The van der Waals surface area contributed by atoms with Gasteiger partial charge in [0.15, 0.2) is 0 Å². The molecule has 0 spiro atoms. The van der Waals surface area contributed by atoms with Gasteiger partial charge in [-0.2, -0.15) is 15.2 Å². The number of hydrogen-bond donors (Lipinski definition) is 4. The van der Waals surface area contributed by atoms with Crippen LogP contribution in [-0.2, 0) is 0 Å². The fourth-order valence-electron chi connectivity index (χ4n) is 5.87. The van der Waals surface area contributed by atoms with E-state index in [1.165, 1.54) is 19.3 Å². The highest BCUT2D eigenvalue weighted by Crippen LogP contribution is 2.43. The summed E-state index contributed by atoms with van der Waals surface area (Å²) < 4.78 is 5.47. The lowest BCUT2D eigenvalue weighted by Crippen LogP contribution is -2.57. The maximum atomic E-state index is 9.36. The minimum absolute atomic E-state index is 0.0250. The normalized spacial score (nSPS) is 35.6. The highest BCUT2D eigenvalue weighted by atomic mass is 16.5. The molecule has 0 amide bonds. The molecule has 0 aromatic carbocycles. The van der Waals surface area contributed by atoms with E-state index in [-0.39, 0.29) is 24.7 Å². The average Bonchev–Trinajstić information content (AvgIpc) is 3.43. The number of ether oxygens (including phenoxy) is 1. The fraction of sp³-hybridized carbons (Fsp3) is 0.783. The second kappa shape index (κ2) is 9.58. The van der Waals surface area contributed by atoms with Crippen LogP contribution in [0.2, 0.25) is 0 Å². The SMILES string of the molecule is COc1cc(NC2CC(CO)NN2)nc(N(C)C2C[C@H]3CCC[C@@H](C2)N3CC2CC2C#N)n1. The fourth-order valence-corrected chi connectivity index (χ4v) is 5.87. The van der Waals surface area contributed by atoms with Crippen molar-refractivity contribution in [1.82, 2.24) is 25.7 Å². The molecule has 0 radical (unpaired) electrons. The number of hydrogen-bond acceptors (Lipinski definition) is 10. The molecular formula is C23H36N8O2. The molecule has 3 aliphatic heterocycles. The molecule has 1 aromatic heterocycles. The van der Waals surface area contributed by atoms with Crippen molar-refractivity contribution in [1.29, 1.82) is 5.26 Å². The topological polar surface area (TPSA) is 122 Å². The van der Waals surface area contributed by atoms with Crippen molar-refractivity contribution in [3.63, 3.8) is 0 Å². The lowest BCUT2D eigenvalue weighted by Gasteiger charge is -2.50. The van der Waals surface area contributed by atoms with Crippen LogP contribution in [0.15, 0.2) is 6.07 Å². The second-order valence-corrected chi connectivity index (χ2v) is 10.1. The van der Waals surface area contributed by atoms with Gasteiger partial charge in [-0.25, -0.2) is 5.43 Å². The molecule has 4 heterocycles. The van der Waals surface area contributed by atoms with Gasteiger partial charge in [0.25, 0.3) is 0 Å². The van der Waals surface area contributed by atoms with Crippen molar-refractivity contribution >= 4 is 11.8 Å². The van der Waals surface area contributed by atoms with Crippen molar-refractivity contribution in [2.45, 2.75) is 75.3 Å². The van der Waals surface area contributed by atoms with E-state index in [9.17, 15) is 10.4 Å². The quantitative estimate of drug-likeness (QED) is 0.452. The molecule has 10 heteroatoms. The lowest BCUT2D eigenvalue weighted by molar-refractivity contribution is 0.0260. The van der Waals surface area contributed by atoms with Gasteiger partial charge < -0.3 is 20.1 Å². The summed E-state index contributed by atoms with van der Waals surface area (Å²) in [6.45, 7) is 1.18. The Bertz CT molecular complexity index is 865. The van der Waals surface area contributed by atoms with Crippen molar-refractivity contribution in [3.8, 4) is 11.9 Å². The summed E-state index contributed by atoms with van der Waals surface area (Å²) in [6.07, 6.45) is 7.79. The summed E-state index contributed by atoms with van der Waals surface area (Å²) in [5, 5.41) is 22.0. The first-order valence-corrected chi connectivity index (χ1v) is 12.3. The number of nitrogens with one attached hydrogen (secondary N) is 3. The summed E-state index contributed by atoms with van der Waals surface area (Å²) in [5.74, 6) is 2.76. The summed E-state index contributed by atoms with van der Waals surface area (Å²) in [7, 11) is 3.72. The van der Waals surface area contributed by atoms with Gasteiger partial charge in [-0.05, 0) is 38.0 Å². The molecule has 3 saturated heterocycles. The van der Waals surface area contributed by atoms with Crippen LogP contribution < -0.4 is 25.8 Å². The van der Waals surface area contributed by atoms with E-state index in [1.54, 1.807) is 7.11 Å². The zero-order valence-corrected chi connectivity index (χ0v) is 19.6. The van der Waals surface area contributed by atoms with Crippen LogP contribution >= 0.6 is 0 Å². The first-order valence-electron chi connectivity index (χ1n) is 12.3. The van der Waals surface area contributed by atoms with E-state index < -0.39 is 0 Å². The Labute approximate surface area is 195 Å². The van der Waals surface area contributed by atoms with Gasteiger partial charge in [0, 0.05) is 50.2 Å². The van der Waals surface area contributed by atoms with Crippen molar-refractivity contribution in [2.24, 2.45) is 11.8 Å². The molecule has 33 heavy (non-hydrogen) atoms. The summed E-state index contributed by atoms with van der Waals surface area (Å²) in [6, 6.07) is 5.83. The Kier molecular flexibility index (Phi) is 6.56. The number of rotatable bonds is 8. The van der Waals surface area contributed by atoms with E-state index in [0.717, 1.165) is 32.2 Å². The lowest BCUT2D eigenvalue weighted by atomic mass is 9.81. The third kappa shape index (κ3) is 4.87. The van der Waals surface area contributed by atoms with Gasteiger partial charge in [0.2, 0.25) is 11.8 Å². The number of methoxy groups -OCH3 is 1. The number of piperidine rings is 2. The molecule has 2 bridgehead atoms. The third-order valence-electron chi connectivity index (χ3n) is 7.92. The molecule has 10 nitrogen and oxygen atoms in total. The minimum atomic E-state index is -0.0258. The minimum Gasteiger partial charge on any atom is -0.481 e. The number of anilines is 2. The number of nitrogens with zero attached hydrogens (tertiary/aromatic N) is 5. The Morgan fingerprint density at radius 3 is 2.67 bits per heavy atom. The third-order valence-corrected chi connectivity index (χ3v) is 7.92. The van der Waals surface area contributed by atoms with E-state index in [0.29, 0.717) is 41.7 Å². The standard InChI is InChI=1S/C23H36N8O2/c1-30(19-8-17-4-3-5-18(9-19)31(17)12-15-6-14(15)11-24)23-26-20(10-22(27-23)33-2)25-21-7-16(13-32)28-29-21/h10,14-19,21,28-29,32H,3-9,12-13H2,1-2H3,(H,25,26,27)/t14?,15?,16?,17-,18+,19?,21?. The molecule has 4 fully saturated rings. The van der Waals surface area contributed by atoms with E-state index >= 15 is 0 Å². The second-order valence-electron chi connectivity index (χ2n) is 10.1. The number of nitriles is 1. The van der Waals surface area contributed by atoms with Crippen LogP contribution in [0.25, 0.3) is 0 Å². The Balaban J connectivity index is 1.27. The van der Waals surface area contributed by atoms with Crippen LogP contribution in [0, 0.1) is 23.2 Å². The van der Waals surface area contributed by atoms with Gasteiger partial charge in [0.1, 0.15) is 5.82 Å². The van der Waals surface area contributed by atoms with Crippen LogP contribution in [0.3, 0.4) is 0 Å². The number of aliphatic hydroxyl groups is 1. The maximum absolute atomic E-state index is 9.36. The molecule has 1 saturated carbocycles. The monoisotopic (exact) mass is 456 g/mol. The Hall–Kier alpha value is -2.19. The van der Waals surface area contributed by atoms with Gasteiger partial charge >= 0.3 is 0 Å².